The Kier molecular flexibility index (Phi) is 1.93. The molecule has 0 spiro atoms. The molecule has 0 aliphatic rings. The summed E-state index contributed by atoms with van der Waals surface area (Å²) in [5, 5.41) is 0. The van der Waals surface area contributed by atoms with E-state index in [9.17, 15) is 0 Å². The van der Waals surface area contributed by atoms with Crippen molar-refractivity contribution in [1.29, 1.82) is 0 Å². The fraction of sp³-hybridized carbons (Fsp3) is 0.167. The van der Waals surface area contributed by atoms with Gasteiger partial charge >= 0.3 is 0 Å². The molecular formula is C12H13N. The molecule has 0 saturated heterocycles. The van der Waals surface area contributed by atoms with Crippen LogP contribution < -0.4 is 0 Å². The van der Waals surface area contributed by atoms with Crippen molar-refractivity contribution in [3.05, 3.63) is 53.9 Å². The normalized spacial score (nSPS) is 10.3. The lowest BCUT2D eigenvalue weighted by Crippen LogP contribution is -1.91. The van der Waals surface area contributed by atoms with Crippen LogP contribution in [0.5, 0.6) is 0 Å². The second-order valence-electron chi connectivity index (χ2n) is 3.36. The Labute approximate surface area is 78.6 Å². The van der Waals surface area contributed by atoms with Crippen LogP contribution in [0.2, 0.25) is 0 Å². The molecule has 0 aliphatic heterocycles. The monoisotopic (exact) mass is 171 g/mol. The summed E-state index contributed by atoms with van der Waals surface area (Å²) in [7, 11) is 0. The Morgan fingerprint density at radius 2 is 1.62 bits per heavy atom. The van der Waals surface area contributed by atoms with E-state index in [0.717, 1.165) is 0 Å². The Morgan fingerprint density at radius 3 is 2.23 bits per heavy atom. The maximum atomic E-state index is 2.20. The molecule has 0 unspecified atom stereocenters. The zero-order valence-corrected chi connectivity index (χ0v) is 7.99. The SMILES string of the molecule is Cc1ccc(-n2cccc2)cc1C. The van der Waals surface area contributed by atoms with Crippen LogP contribution in [0, 0.1) is 13.8 Å². The van der Waals surface area contributed by atoms with Gasteiger partial charge in [0.1, 0.15) is 0 Å². The van der Waals surface area contributed by atoms with Crippen LogP contribution in [0.15, 0.2) is 42.7 Å². The maximum Gasteiger partial charge on any atom is 0.0452 e. The third kappa shape index (κ3) is 1.50. The second kappa shape index (κ2) is 3.09. The van der Waals surface area contributed by atoms with Gasteiger partial charge in [0.2, 0.25) is 0 Å². The third-order valence-corrected chi connectivity index (χ3v) is 2.39. The van der Waals surface area contributed by atoms with E-state index < -0.39 is 0 Å². The first-order valence-electron chi connectivity index (χ1n) is 4.48. The summed E-state index contributed by atoms with van der Waals surface area (Å²) >= 11 is 0. The van der Waals surface area contributed by atoms with Crippen molar-refractivity contribution >= 4 is 0 Å². The first-order valence-corrected chi connectivity index (χ1v) is 4.48. The molecule has 1 nitrogen and oxygen atoms in total. The minimum absolute atomic E-state index is 1.23. The highest BCUT2D eigenvalue weighted by atomic mass is 14.9. The molecular weight excluding hydrogens is 158 g/mol. The van der Waals surface area contributed by atoms with Gasteiger partial charge in [-0.15, -0.1) is 0 Å². The van der Waals surface area contributed by atoms with Gasteiger partial charge < -0.3 is 4.57 Å². The van der Waals surface area contributed by atoms with Gasteiger partial charge in [-0.2, -0.15) is 0 Å². The maximum absolute atomic E-state index is 2.20. The molecule has 2 aromatic rings. The van der Waals surface area contributed by atoms with Gasteiger partial charge in [-0.05, 0) is 49.2 Å². The summed E-state index contributed by atoms with van der Waals surface area (Å²) in [5.74, 6) is 0. The van der Waals surface area contributed by atoms with Gasteiger partial charge in [-0.1, -0.05) is 6.07 Å². The Hall–Kier alpha value is -1.50. The summed E-state index contributed by atoms with van der Waals surface area (Å²) in [6.07, 6.45) is 4.12. The van der Waals surface area contributed by atoms with Crippen molar-refractivity contribution in [2.75, 3.05) is 0 Å². The number of hydrogen-bond acceptors (Lipinski definition) is 0. The molecule has 0 N–H and O–H groups in total. The van der Waals surface area contributed by atoms with Crippen LogP contribution in [0.3, 0.4) is 0 Å². The quantitative estimate of drug-likeness (QED) is 0.621. The van der Waals surface area contributed by atoms with Gasteiger partial charge in [0.25, 0.3) is 0 Å². The Bertz CT molecular complexity index is 399. The van der Waals surface area contributed by atoms with E-state index >= 15 is 0 Å². The molecule has 0 fully saturated rings. The van der Waals surface area contributed by atoms with E-state index in [2.05, 4.69) is 49.0 Å². The molecule has 0 aliphatic carbocycles. The molecule has 1 heterocycles. The minimum atomic E-state index is 1.23. The number of aryl methyl sites for hydroxylation is 2. The fourth-order valence-electron chi connectivity index (χ4n) is 1.39. The third-order valence-electron chi connectivity index (χ3n) is 2.39. The Morgan fingerprint density at radius 1 is 0.923 bits per heavy atom. The van der Waals surface area contributed by atoms with Crippen molar-refractivity contribution in [2.24, 2.45) is 0 Å². The molecule has 2 rings (SSSR count). The number of nitrogens with zero attached hydrogens (tertiary/aromatic N) is 1. The summed E-state index contributed by atoms with van der Waals surface area (Å²) in [6.45, 7) is 4.27. The lowest BCUT2D eigenvalue weighted by atomic mass is 10.1. The summed E-state index contributed by atoms with van der Waals surface area (Å²) < 4.78 is 2.12. The van der Waals surface area contributed by atoms with Crippen LogP contribution in [0.1, 0.15) is 11.1 Å². The highest BCUT2D eigenvalue weighted by Gasteiger charge is 1.96. The minimum Gasteiger partial charge on any atom is -0.324 e. The molecule has 1 aromatic heterocycles. The predicted molar refractivity (Wildman–Crippen MR) is 55.2 cm³/mol. The largest absolute Gasteiger partial charge is 0.324 e. The van der Waals surface area contributed by atoms with Gasteiger partial charge in [-0.3, -0.25) is 0 Å². The molecule has 0 saturated carbocycles. The molecule has 1 heteroatoms. The number of rotatable bonds is 1. The van der Waals surface area contributed by atoms with E-state index in [0.29, 0.717) is 0 Å². The van der Waals surface area contributed by atoms with Crippen LogP contribution >= 0.6 is 0 Å². The van der Waals surface area contributed by atoms with Crippen molar-refractivity contribution in [2.45, 2.75) is 13.8 Å². The number of hydrogen-bond donors (Lipinski definition) is 0. The van der Waals surface area contributed by atoms with Crippen molar-refractivity contribution in [3.8, 4) is 5.69 Å². The van der Waals surface area contributed by atoms with Crippen molar-refractivity contribution in [3.63, 3.8) is 0 Å². The van der Waals surface area contributed by atoms with Crippen LogP contribution in [0.4, 0.5) is 0 Å². The van der Waals surface area contributed by atoms with Crippen LogP contribution in [0.25, 0.3) is 5.69 Å². The van der Waals surface area contributed by atoms with Gasteiger partial charge in [-0.25, -0.2) is 0 Å². The molecule has 0 amide bonds. The smallest absolute Gasteiger partial charge is 0.0452 e. The lowest BCUT2D eigenvalue weighted by molar-refractivity contribution is 1.07. The highest BCUT2D eigenvalue weighted by Crippen LogP contribution is 2.13. The van der Waals surface area contributed by atoms with Gasteiger partial charge in [0, 0.05) is 18.1 Å². The summed E-state index contributed by atoms with van der Waals surface area (Å²) in [4.78, 5) is 0. The topological polar surface area (TPSA) is 4.93 Å². The van der Waals surface area contributed by atoms with E-state index in [1.807, 2.05) is 12.1 Å². The first-order chi connectivity index (χ1) is 6.27. The van der Waals surface area contributed by atoms with Crippen molar-refractivity contribution < 1.29 is 0 Å². The molecule has 0 atom stereocenters. The molecule has 0 radical (unpaired) electrons. The zero-order valence-electron chi connectivity index (χ0n) is 7.99. The van der Waals surface area contributed by atoms with E-state index in [1.165, 1.54) is 16.8 Å². The zero-order chi connectivity index (χ0) is 9.26. The van der Waals surface area contributed by atoms with E-state index in [-0.39, 0.29) is 0 Å². The van der Waals surface area contributed by atoms with E-state index in [1.54, 1.807) is 0 Å². The first kappa shape index (κ1) is 8.11. The van der Waals surface area contributed by atoms with Crippen molar-refractivity contribution in [1.82, 2.24) is 4.57 Å². The molecule has 66 valence electrons. The average molecular weight is 171 g/mol. The summed E-state index contributed by atoms with van der Waals surface area (Å²) in [5.41, 5.74) is 3.91. The van der Waals surface area contributed by atoms with Gasteiger partial charge in [0.15, 0.2) is 0 Å². The average Bonchev–Trinajstić information content (AvgIpc) is 2.62. The van der Waals surface area contributed by atoms with Crippen LogP contribution in [-0.4, -0.2) is 4.57 Å². The number of aromatic nitrogens is 1. The second-order valence-corrected chi connectivity index (χ2v) is 3.36. The van der Waals surface area contributed by atoms with E-state index in [4.69, 9.17) is 0 Å². The molecule has 0 bridgehead atoms. The molecule has 1 aromatic carbocycles. The highest BCUT2D eigenvalue weighted by molar-refractivity contribution is 5.39. The van der Waals surface area contributed by atoms with Gasteiger partial charge in [0.05, 0.1) is 0 Å². The number of benzene rings is 1. The molecule has 13 heavy (non-hydrogen) atoms. The Balaban J connectivity index is 2.49. The summed E-state index contributed by atoms with van der Waals surface area (Å²) in [6, 6.07) is 10.6. The lowest BCUT2D eigenvalue weighted by Gasteiger charge is -2.05. The standard InChI is InChI=1S/C12H13N/c1-10-5-6-12(9-11(10)2)13-7-3-4-8-13/h3-9H,1-2H3. The van der Waals surface area contributed by atoms with Crippen LogP contribution in [-0.2, 0) is 0 Å². The predicted octanol–water partition coefficient (Wildman–Crippen LogP) is 3.09. The fourth-order valence-corrected chi connectivity index (χ4v) is 1.39.